The maximum absolute atomic E-state index is 13.5. The number of hydrogen-bond donors (Lipinski definition) is 4. The number of anilines is 4. The Hall–Kier alpha value is -6.62. The van der Waals surface area contributed by atoms with Crippen LogP contribution in [0.5, 0.6) is 5.75 Å². The topological polar surface area (TPSA) is 131 Å². The molecule has 4 N–H and O–H groups in total. The number of amides is 2. The molecule has 0 radical (unpaired) electrons. The van der Waals surface area contributed by atoms with E-state index in [9.17, 15) is 9.59 Å². The molecule has 0 atom stereocenters. The number of para-hydroxylation sites is 1. The molecule has 7 aromatic rings. The predicted molar refractivity (Wildman–Crippen MR) is 242 cm³/mol. The third-order valence-electron chi connectivity index (χ3n) is 10.8. The van der Waals surface area contributed by atoms with Crippen molar-refractivity contribution < 1.29 is 14.3 Å². The van der Waals surface area contributed by atoms with Crippen LogP contribution in [-0.4, -0.2) is 65.0 Å². The van der Waals surface area contributed by atoms with Crippen molar-refractivity contribution in [2.24, 2.45) is 0 Å². The summed E-state index contributed by atoms with van der Waals surface area (Å²) in [5, 5.41) is 6.36. The molecule has 0 spiro atoms. The van der Waals surface area contributed by atoms with Crippen molar-refractivity contribution in [1.29, 1.82) is 0 Å². The van der Waals surface area contributed by atoms with Gasteiger partial charge in [0, 0.05) is 43.7 Å². The maximum Gasteiger partial charge on any atom is 0.255 e. The molecule has 0 fully saturated rings. The number of aromatic amines is 2. The number of carbonyl (C=O) groups is 2. The highest BCUT2D eigenvalue weighted by atomic mass is 16.5. The van der Waals surface area contributed by atoms with Crippen LogP contribution in [0.3, 0.4) is 0 Å². The van der Waals surface area contributed by atoms with Gasteiger partial charge < -0.3 is 35.1 Å². The van der Waals surface area contributed by atoms with E-state index in [1.807, 2.05) is 66.7 Å². The second-order valence-corrected chi connectivity index (χ2v) is 14.7. The maximum atomic E-state index is 13.5. The van der Waals surface area contributed by atoms with Gasteiger partial charge in [-0.3, -0.25) is 9.59 Å². The number of nitrogens with zero attached hydrogens (tertiary/aromatic N) is 4. The molecule has 2 heterocycles. The number of aromatic nitrogens is 4. The number of hydrogen-bond acceptors (Lipinski definition) is 7. The van der Waals surface area contributed by atoms with E-state index in [0.717, 1.165) is 114 Å². The summed E-state index contributed by atoms with van der Waals surface area (Å²) in [4.78, 5) is 47.7. The Morgan fingerprint density at radius 2 is 1.29 bits per heavy atom. The van der Waals surface area contributed by atoms with Gasteiger partial charge in [-0.1, -0.05) is 67.9 Å². The molecule has 0 aliphatic carbocycles. The zero-order valence-electron chi connectivity index (χ0n) is 34.7. The van der Waals surface area contributed by atoms with Gasteiger partial charge in [0.1, 0.15) is 17.4 Å². The molecule has 2 aromatic heterocycles. The number of fused-ring (bicyclic) bond motifs is 2. The first-order valence-electron chi connectivity index (χ1n) is 20.8. The minimum Gasteiger partial charge on any atom is -0.496 e. The first-order chi connectivity index (χ1) is 28.8. The van der Waals surface area contributed by atoms with Crippen molar-refractivity contribution >= 4 is 56.6 Å². The van der Waals surface area contributed by atoms with Crippen LogP contribution in [0.25, 0.3) is 44.8 Å². The van der Waals surface area contributed by atoms with Crippen molar-refractivity contribution in [3.05, 3.63) is 114 Å². The molecule has 2 amide bonds. The number of aryl methyl sites for hydroxylation is 1. The fourth-order valence-corrected chi connectivity index (χ4v) is 7.57. The van der Waals surface area contributed by atoms with Gasteiger partial charge in [-0.2, -0.15) is 0 Å². The first-order valence-corrected chi connectivity index (χ1v) is 20.8. The molecule has 0 unspecified atom stereocenters. The van der Waals surface area contributed by atoms with Gasteiger partial charge in [-0.25, -0.2) is 9.97 Å². The highest BCUT2D eigenvalue weighted by Gasteiger charge is 2.19. The summed E-state index contributed by atoms with van der Waals surface area (Å²) in [6.45, 7) is 11.6. The number of nitrogens with one attached hydrogen (secondary N) is 4. The monoisotopic (exact) mass is 790 g/mol. The van der Waals surface area contributed by atoms with E-state index >= 15 is 0 Å². The first kappa shape index (κ1) is 40.6. The van der Waals surface area contributed by atoms with Crippen molar-refractivity contribution in [3.63, 3.8) is 0 Å². The lowest BCUT2D eigenvalue weighted by molar-refractivity contribution is -0.116. The number of rotatable bonds is 18. The predicted octanol–water partition coefficient (Wildman–Crippen LogP) is 10.5. The lowest BCUT2D eigenvalue weighted by atomic mass is 10.1. The normalized spacial score (nSPS) is 11.2. The number of methoxy groups -OCH3 is 1. The molecule has 0 bridgehead atoms. The molecule has 0 saturated carbocycles. The summed E-state index contributed by atoms with van der Waals surface area (Å²) in [6, 6.07) is 33.8. The van der Waals surface area contributed by atoms with Crippen LogP contribution in [0, 0.1) is 0 Å². The molecule has 0 aliphatic heterocycles. The highest BCUT2D eigenvalue weighted by molar-refractivity contribution is 6.07. The number of imidazole rings is 2. The minimum absolute atomic E-state index is 0.0322. The Labute approximate surface area is 346 Å². The summed E-state index contributed by atoms with van der Waals surface area (Å²) in [5.74, 6) is 2.08. The van der Waals surface area contributed by atoms with Crippen LogP contribution in [0.15, 0.2) is 103 Å². The summed E-state index contributed by atoms with van der Waals surface area (Å²) >= 11 is 0. The minimum atomic E-state index is -0.171. The van der Waals surface area contributed by atoms with E-state index in [0.29, 0.717) is 23.5 Å². The van der Waals surface area contributed by atoms with Crippen molar-refractivity contribution in [3.8, 4) is 28.5 Å². The number of benzene rings is 5. The molecule has 11 heteroatoms. The molecule has 304 valence electrons. The van der Waals surface area contributed by atoms with Crippen LogP contribution < -0.4 is 25.2 Å². The third kappa shape index (κ3) is 9.25. The summed E-state index contributed by atoms with van der Waals surface area (Å²) < 4.78 is 5.62. The molecular weight excluding hydrogens is 737 g/mol. The van der Waals surface area contributed by atoms with Gasteiger partial charge in [0.2, 0.25) is 5.91 Å². The summed E-state index contributed by atoms with van der Waals surface area (Å²) in [6.07, 6.45) is 4.11. The van der Waals surface area contributed by atoms with Gasteiger partial charge in [0.05, 0.1) is 57.5 Å². The van der Waals surface area contributed by atoms with Gasteiger partial charge in [0.15, 0.2) is 0 Å². The van der Waals surface area contributed by atoms with E-state index in [-0.39, 0.29) is 11.8 Å². The Kier molecular flexibility index (Phi) is 12.9. The molecule has 5 aromatic carbocycles. The molecule has 59 heavy (non-hydrogen) atoms. The van der Waals surface area contributed by atoms with Crippen LogP contribution >= 0.6 is 0 Å². The van der Waals surface area contributed by atoms with Crippen LogP contribution in [0.1, 0.15) is 69.3 Å². The van der Waals surface area contributed by atoms with Crippen LogP contribution in [0.4, 0.5) is 22.7 Å². The standard InChI is InChI=1S/C48H54N8O3/c1-6-10-22-45(57)49-40-28-36-38(30-42(40)55(7-2)8-3)51-46(50-36)33-25-23-32(24-26-33)17-16-27-56(9-4)43-31-39-37(29-41(43)54-48(58)34-18-12-11-13-19-34)52-47(53-39)35-20-14-15-21-44(35)59-5/h11-15,18-21,23-26,28-31H,6-10,16-17,22,27H2,1-5H3,(H,49,57)(H,50,51)(H,52,53)(H,54,58). The van der Waals surface area contributed by atoms with E-state index in [1.165, 1.54) is 5.56 Å². The van der Waals surface area contributed by atoms with Gasteiger partial charge in [0.25, 0.3) is 5.91 Å². The van der Waals surface area contributed by atoms with Crippen molar-refractivity contribution in [1.82, 2.24) is 19.9 Å². The Morgan fingerprint density at radius 3 is 1.95 bits per heavy atom. The fraction of sp³-hybridized carbons (Fsp3) is 0.292. The smallest absolute Gasteiger partial charge is 0.255 e. The van der Waals surface area contributed by atoms with E-state index < -0.39 is 0 Å². The highest BCUT2D eigenvalue weighted by Crippen LogP contribution is 2.36. The van der Waals surface area contributed by atoms with E-state index in [1.54, 1.807) is 7.11 Å². The third-order valence-corrected chi connectivity index (χ3v) is 10.8. The summed E-state index contributed by atoms with van der Waals surface area (Å²) in [7, 11) is 1.65. The molecular formula is C48H54N8O3. The number of carbonyl (C=O) groups excluding carboxylic acids is 2. The second-order valence-electron chi connectivity index (χ2n) is 14.7. The van der Waals surface area contributed by atoms with E-state index in [4.69, 9.17) is 14.7 Å². The molecule has 11 nitrogen and oxygen atoms in total. The SMILES string of the molecule is CCCCC(=O)Nc1cc2[nH]c(-c3ccc(CCCN(CC)c4cc5nc(-c6ccccc6OC)[nH]c5cc4NC(=O)c4ccccc4)cc3)nc2cc1N(CC)CC. The number of H-pyrrole nitrogens is 2. The Morgan fingerprint density at radius 1 is 0.678 bits per heavy atom. The average Bonchev–Trinajstić information content (AvgIpc) is 3.89. The largest absolute Gasteiger partial charge is 0.496 e. The molecule has 0 saturated heterocycles. The van der Waals surface area contributed by atoms with E-state index in [2.05, 4.69) is 94.5 Å². The molecule has 0 aliphatic rings. The molecule has 7 rings (SSSR count). The zero-order valence-corrected chi connectivity index (χ0v) is 34.7. The second kappa shape index (κ2) is 18.8. The van der Waals surface area contributed by atoms with Gasteiger partial charge in [-0.15, -0.1) is 0 Å². The Balaban J connectivity index is 1.09. The fourth-order valence-electron chi connectivity index (χ4n) is 7.57. The van der Waals surface area contributed by atoms with Crippen molar-refractivity contribution in [2.75, 3.05) is 53.7 Å². The number of ether oxygens (including phenoxy) is 1. The lowest BCUT2D eigenvalue weighted by Crippen LogP contribution is -2.26. The quantitative estimate of drug-likeness (QED) is 0.0681. The van der Waals surface area contributed by atoms with Gasteiger partial charge >= 0.3 is 0 Å². The zero-order chi connectivity index (χ0) is 41.3. The van der Waals surface area contributed by atoms with Crippen LogP contribution in [-0.2, 0) is 11.2 Å². The van der Waals surface area contributed by atoms with Gasteiger partial charge in [-0.05, 0) is 94.1 Å². The number of unbranched alkanes of at least 4 members (excludes halogenated alkanes) is 1. The summed E-state index contributed by atoms with van der Waals surface area (Å²) in [5.41, 5.74) is 10.5. The van der Waals surface area contributed by atoms with Crippen molar-refractivity contribution in [2.45, 2.75) is 59.8 Å². The van der Waals surface area contributed by atoms with Crippen LogP contribution in [0.2, 0.25) is 0 Å². The lowest BCUT2D eigenvalue weighted by Gasteiger charge is -2.26. The Bertz CT molecular complexity index is 2520. The average molecular weight is 791 g/mol.